The van der Waals surface area contributed by atoms with Crippen molar-refractivity contribution in [1.82, 2.24) is 4.90 Å². The van der Waals surface area contributed by atoms with Gasteiger partial charge in [0.05, 0.1) is 16.9 Å². The maximum Gasteiger partial charge on any atom is 0.255 e. The molecule has 4 aromatic carbocycles. The molecule has 34 heavy (non-hydrogen) atoms. The predicted octanol–water partition coefficient (Wildman–Crippen LogP) is 6.56. The minimum atomic E-state index is -0.451. The molecule has 1 fully saturated rings. The fraction of sp³-hybridized carbons (Fsp3) is 0.241. The average Bonchev–Trinajstić information content (AvgIpc) is 3.41. The minimum absolute atomic E-state index is 0.0431. The smallest absolute Gasteiger partial charge is 0.255 e. The number of anilines is 1. The number of rotatable bonds is 5. The number of carbonyl (C=O) groups excluding carboxylic acids is 2. The highest BCUT2D eigenvalue weighted by molar-refractivity contribution is 7.19. The summed E-state index contributed by atoms with van der Waals surface area (Å²) >= 11 is 0. The van der Waals surface area contributed by atoms with Crippen molar-refractivity contribution in [3.05, 3.63) is 90.0 Å². The van der Waals surface area contributed by atoms with Gasteiger partial charge in [-0.15, -0.1) is 9.24 Å². The highest BCUT2D eigenvalue weighted by Gasteiger charge is 2.27. The molecule has 0 saturated heterocycles. The normalized spacial score (nSPS) is 14.9. The molecule has 1 aliphatic rings. The maximum absolute atomic E-state index is 13.6. The van der Waals surface area contributed by atoms with Crippen LogP contribution in [0.2, 0.25) is 0 Å². The second kappa shape index (κ2) is 9.56. The van der Waals surface area contributed by atoms with Gasteiger partial charge in [0.1, 0.15) is 0 Å². The number of amides is 2. The van der Waals surface area contributed by atoms with Crippen LogP contribution in [-0.2, 0) is 4.79 Å². The zero-order valence-electron chi connectivity index (χ0n) is 19.3. The Labute approximate surface area is 202 Å². The van der Waals surface area contributed by atoms with Crippen LogP contribution in [0.5, 0.6) is 0 Å². The van der Waals surface area contributed by atoms with Crippen molar-refractivity contribution in [2.24, 2.45) is 0 Å². The molecular weight excluding hydrogens is 439 g/mol. The summed E-state index contributed by atoms with van der Waals surface area (Å²) in [6, 6.07) is 26.1. The fourth-order valence-electron chi connectivity index (χ4n) is 5.04. The minimum Gasteiger partial charge on any atom is -0.339 e. The van der Waals surface area contributed by atoms with E-state index in [1.807, 2.05) is 90.8 Å². The Hall–Kier alpha value is -3.23. The summed E-state index contributed by atoms with van der Waals surface area (Å²) in [6.45, 7) is 0. The highest BCUT2D eigenvalue weighted by atomic mass is 31.0. The van der Waals surface area contributed by atoms with Gasteiger partial charge in [-0.2, -0.15) is 0 Å². The molecule has 2 unspecified atom stereocenters. The molecule has 4 nitrogen and oxygen atoms in total. The van der Waals surface area contributed by atoms with Crippen LogP contribution in [0.3, 0.4) is 0 Å². The van der Waals surface area contributed by atoms with Gasteiger partial charge in [0.15, 0.2) is 0 Å². The number of fused-ring (bicyclic) bond motifs is 2. The third-order valence-electron chi connectivity index (χ3n) is 7.01. The van der Waals surface area contributed by atoms with E-state index >= 15 is 0 Å². The first-order chi connectivity index (χ1) is 16.5. The summed E-state index contributed by atoms with van der Waals surface area (Å²) in [5.74, 6) is -0.201. The Morgan fingerprint density at radius 2 is 1.50 bits per heavy atom. The Morgan fingerprint density at radius 3 is 2.24 bits per heavy atom. The van der Waals surface area contributed by atoms with Gasteiger partial charge in [-0.3, -0.25) is 9.59 Å². The number of hydrogen-bond acceptors (Lipinski definition) is 2. The van der Waals surface area contributed by atoms with Crippen molar-refractivity contribution in [1.29, 1.82) is 0 Å². The lowest BCUT2D eigenvalue weighted by molar-refractivity contribution is -0.115. The lowest BCUT2D eigenvalue weighted by atomic mass is 10.0. The van der Waals surface area contributed by atoms with E-state index in [-0.39, 0.29) is 17.9 Å². The predicted molar refractivity (Wildman–Crippen MR) is 143 cm³/mol. The average molecular weight is 469 g/mol. The first kappa shape index (κ1) is 22.6. The first-order valence-corrected chi connectivity index (χ1v) is 12.5. The number of nitrogens with zero attached hydrogens (tertiary/aromatic N) is 1. The van der Waals surface area contributed by atoms with Crippen molar-refractivity contribution in [3.8, 4) is 0 Å². The van der Waals surface area contributed by atoms with E-state index in [0.717, 1.165) is 52.8 Å². The monoisotopic (exact) mass is 468 g/mol. The third kappa shape index (κ3) is 4.31. The molecule has 2 amide bonds. The van der Waals surface area contributed by atoms with Crippen LogP contribution in [0.4, 0.5) is 5.69 Å². The van der Waals surface area contributed by atoms with E-state index in [2.05, 4.69) is 14.6 Å². The molecule has 5 heteroatoms. The van der Waals surface area contributed by atoms with Crippen LogP contribution in [-0.4, -0.2) is 29.8 Å². The second-order valence-corrected chi connectivity index (χ2v) is 9.80. The van der Waals surface area contributed by atoms with Crippen molar-refractivity contribution in [2.75, 3.05) is 12.4 Å². The molecule has 172 valence electrons. The summed E-state index contributed by atoms with van der Waals surface area (Å²) in [5.41, 5.74) is 1.59. The summed E-state index contributed by atoms with van der Waals surface area (Å²) in [4.78, 5) is 28.9. The summed E-state index contributed by atoms with van der Waals surface area (Å²) in [5, 5.41) is 7.21. The van der Waals surface area contributed by atoms with Crippen molar-refractivity contribution in [3.63, 3.8) is 0 Å². The van der Waals surface area contributed by atoms with E-state index in [1.165, 1.54) is 0 Å². The van der Waals surface area contributed by atoms with Gasteiger partial charge < -0.3 is 10.2 Å². The second-order valence-electron chi connectivity index (χ2n) is 9.13. The van der Waals surface area contributed by atoms with Crippen LogP contribution in [0.1, 0.15) is 47.3 Å². The van der Waals surface area contributed by atoms with Gasteiger partial charge in [0.25, 0.3) is 5.91 Å². The van der Waals surface area contributed by atoms with Gasteiger partial charge in [0.2, 0.25) is 5.91 Å². The van der Waals surface area contributed by atoms with Gasteiger partial charge in [-0.25, -0.2) is 0 Å². The molecule has 0 spiro atoms. The molecule has 0 heterocycles. The molecule has 0 bridgehead atoms. The van der Waals surface area contributed by atoms with Crippen LogP contribution in [0.25, 0.3) is 21.5 Å². The van der Waals surface area contributed by atoms with Gasteiger partial charge >= 0.3 is 0 Å². The zero-order chi connectivity index (χ0) is 23.7. The summed E-state index contributed by atoms with van der Waals surface area (Å²) in [6.07, 6.45) is 4.38. The lowest BCUT2D eigenvalue weighted by Gasteiger charge is -2.26. The van der Waals surface area contributed by atoms with E-state index in [0.29, 0.717) is 11.3 Å². The molecule has 1 saturated carbocycles. The highest BCUT2D eigenvalue weighted by Crippen LogP contribution is 2.33. The molecule has 0 radical (unpaired) electrons. The number of benzene rings is 4. The van der Waals surface area contributed by atoms with Crippen molar-refractivity contribution >= 4 is 48.3 Å². The fourth-order valence-corrected chi connectivity index (χ4v) is 5.42. The Morgan fingerprint density at radius 1 is 0.882 bits per heavy atom. The standard InChI is InChI=1S/C29H29N2O2P/c1-31(22-13-5-6-14-22)29(33)25-17-20-10-2-3-11-21(20)18-26(25)30-28(32)27(34)24-16-8-12-19-9-4-7-15-23(19)24/h2-4,7-12,15-18,22,27H,5-6,13-14,34H2,1H3,(H,30,32). The van der Waals surface area contributed by atoms with E-state index in [9.17, 15) is 9.59 Å². The molecule has 1 aliphatic carbocycles. The quantitative estimate of drug-likeness (QED) is 0.337. The molecule has 5 rings (SSSR count). The Kier molecular flexibility index (Phi) is 6.34. The Bertz CT molecular complexity index is 1370. The van der Waals surface area contributed by atoms with E-state index in [1.54, 1.807) is 0 Å². The molecule has 0 aromatic heterocycles. The van der Waals surface area contributed by atoms with Gasteiger partial charge in [0, 0.05) is 13.1 Å². The topological polar surface area (TPSA) is 49.4 Å². The number of hydrogen-bond donors (Lipinski definition) is 1. The molecule has 0 aliphatic heterocycles. The molecular formula is C29H29N2O2P. The van der Waals surface area contributed by atoms with Crippen molar-refractivity contribution in [2.45, 2.75) is 37.4 Å². The van der Waals surface area contributed by atoms with E-state index in [4.69, 9.17) is 0 Å². The summed E-state index contributed by atoms with van der Waals surface area (Å²) < 4.78 is 0. The summed E-state index contributed by atoms with van der Waals surface area (Å²) in [7, 11) is 4.56. The third-order valence-corrected chi connectivity index (χ3v) is 7.67. The molecule has 2 atom stereocenters. The first-order valence-electron chi connectivity index (χ1n) is 11.9. The number of nitrogens with one attached hydrogen (secondary N) is 1. The van der Waals surface area contributed by atoms with Crippen molar-refractivity contribution < 1.29 is 9.59 Å². The molecule has 4 aromatic rings. The van der Waals surface area contributed by atoms with Crippen LogP contribution >= 0.6 is 9.24 Å². The molecule has 1 N–H and O–H groups in total. The lowest BCUT2D eigenvalue weighted by Crippen LogP contribution is -2.35. The number of carbonyl (C=O) groups is 2. The largest absolute Gasteiger partial charge is 0.339 e. The Balaban J connectivity index is 1.50. The van der Waals surface area contributed by atoms with Crippen LogP contribution in [0, 0.1) is 0 Å². The van der Waals surface area contributed by atoms with E-state index < -0.39 is 5.66 Å². The SMILES string of the molecule is CN(C(=O)c1cc2ccccc2cc1NC(=O)C(P)c1cccc2ccccc12)C1CCCC1. The van der Waals surface area contributed by atoms with Gasteiger partial charge in [-0.1, -0.05) is 79.6 Å². The maximum atomic E-state index is 13.6. The van der Waals surface area contributed by atoms with Gasteiger partial charge in [-0.05, 0) is 52.1 Å². The van der Waals surface area contributed by atoms with Crippen LogP contribution < -0.4 is 5.32 Å². The van der Waals surface area contributed by atoms with Crippen LogP contribution in [0.15, 0.2) is 78.9 Å². The zero-order valence-corrected chi connectivity index (χ0v) is 20.5.